The second-order valence-electron chi connectivity index (χ2n) is 4.69. The summed E-state index contributed by atoms with van der Waals surface area (Å²) < 4.78 is 0.997. The monoisotopic (exact) mass is 292 g/mol. The third kappa shape index (κ3) is 2.51. The molecule has 0 radical (unpaired) electrons. The molecule has 0 saturated carbocycles. The Hall–Kier alpha value is -2.64. The van der Waals surface area contributed by atoms with E-state index in [-0.39, 0.29) is 11.3 Å². The number of hydrogen-bond acceptors (Lipinski definition) is 4. The fourth-order valence-electron chi connectivity index (χ4n) is 2.04. The van der Waals surface area contributed by atoms with Gasteiger partial charge in [-0.1, -0.05) is 42.0 Å². The fraction of sp³-hybridized carbons (Fsp3) is 0.0588. The number of aliphatic hydroxyl groups excluding tert-OH is 1. The van der Waals surface area contributed by atoms with Crippen LogP contribution in [0, 0.1) is 18.3 Å². The van der Waals surface area contributed by atoms with E-state index in [9.17, 15) is 10.4 Å². The van der Waals surface area contributed by atoms with Crippen LogP contribution in [0.5, 0.6) is 0 Å². The third-order valence-electron chi connectivity index (χ3n) is 3.18. The molecule has 0 fully saturated rings. The van der Waals surface area contributed by atoms with E-state index < -0.39 is 0 Å². The smallest absolute Gasteiger partial charge is 0.143 e. The van der Waals surface area contributed by atoms with Crippen molar-refractivity contribution in [2.24, 2.45) is 0 Å². The highest BCUT2D eigenvalue weighted by molar-refractivity contribution is 7.19. The lowest BCUT2D eigenvalue weighted by molar-refractivity contribution is 0.514. The summed E-state index contributed by atoms with van der Waals surface area (Å²) in [6.07, 6.45) is 0. The van der Waals surface area contributed by atoms with Gasteiger partial charge < -0.3 is 5.11 Å². The van der Waals surface area contributed by atoms with Crippen LogP contribution in [0.15, 0.2) is 48.5 Å². The zero-order valence-electron chi connectivity index (χ0n) is 11.4. The predicted octanol–water partition coefficient (Wildman–Crippen LogP) is 4.55. The molecule has 21 heavy (non-hydrogen) atoms. The quantitative estimate of drug-likeness (QED) is 0.556. The Bertz CT molecular complexity index is 837. The zero-order chi connectivity index (χ0) is 14.8. The van der Waals surface area contributed by atoms with Gasteiger partial charge in [-0.25, -0.2) is 4.98 Å². The first-order valence-corrected chi connectivity index (χ1v) is 7.27. The van der Waals surface area contributed by atoms with Gasteiger partial charge in [0.05, 0.1) is 10.2 Å². The summed E-state index contributed by atoms with van der Waals surface area (Å²) in [6.45, 7) is 1.98. The molecule has 102 valence electrons. The van der Waals surface area contributed by atoms with Gasteiger partial charge in [0.15, 0.2) is 0 Å². The molecular formula is C17H12N2OS. The number of thiazole rings is 1. The maximum atomic E-state index is 10.4. The first kappa shape index (κ1) is 13.3. The SMILES string of the molecule is Cc1ccc(C(O)=C(C#N)c2nc3ccccc3s2)cc1. The van der Waals surface area contributed by atoms with Crippen LogP contribution in [-0.2, 0) is 0 Å². The molecule has 1 heterocycles. The van der Waals surface area contributed by atoms with Crippen LogP contribution in [-0.4, -0.2) is 10.1 Å². The molecule has 0 aliphatic heterocycles. The Kier molecular flexibility index (Phi) is 3.43. The van der Waals surface area contributed by atoms with Gasteiger partial charge in [0, 0.05) is 5.56 Å². The summed E-state index contributed by atoms with van der Waals surface area (Å²) in [5.74, 6) is -0.0310. The van der Waals surface area contributed by atoms with E-state index in [4.69, 9.17) is 0 Å². The number of aromatic nitrogens is 1. The molecular weight excluding hydrogens is 280 g/mol. The van der Waals surface area contributed by atoms with Crippen molar-refractivity contribution in [1.29, 1.82) is 5.26 Å². The number of hydrogen-bond donors (Lipinski definition) is 1. The summed E-state index contributed by atoms with van der Waals surface area (Å²) in [4.78, 5) is 4.43. The Morgan fingerprint density at radius 1 is 1.14 bits per heavy atom. The van der Waals surface area contributed by atoms with E-state index in [1.54, 1.807) is 12.1 Å². The molecule has 0 amide bonds. The minimum absolute atomic E-state index is 0.0310. The summed E-state index contributed by atoms with van der Waals surface area (Å²) in [5.41, 5.74) is 2.77. The molecule has 3 rings (SSSR count). The molecule has 0 spiro atoms. The average molecular weight is 292 g/mol. The van der Waals surface area contributed by atoms with Gasteiger partial charge >= 0.3 is 0 Å². The number of para-hydroxylation sites is 1. The predicted molar refractivity (Wildman–Crippen MR) is 85.9 cm³/mol. The molecule has 0 unspecified atom stereocenters. The first-order valence-electron chi connectivity index (χ1n) is 6.45. The summed E-state index contributed by atoms with van der Waals surface area (Å²) in [5, 5.41) is 20.3. The normalized spacial score (nSPS) is 12.0. The molecule has 1 aromatic heterocycles. The van der Waals surface area contributed by atoms with E-state index in [1.807, 2.05) is 43.3 Å². The minimum atomic E-state index is -0.0310. The summed E-state index contributed by atoms with van der Waals surface area (Å²) in [6, 6.07) is 17.2. The molecule has 0 bridgehead atoms. The van der Waals surface area contributed by atoms with Crippen molar-refractivity contribution in [3.05, 3.63) is 64.7 Å². The number of nitrogens with zero attached hydrogens (tertiary/aromatic N) is 2. The number of fused-ring (bicyclic) bond motifs is 1. The van der Waals surface area contributed by atoms with Crippen LogP contribution < -0.4 is 0 Å². The Labute approximate surface area is 126 Å². The van der Waals surface area contributed by atoms with Crippen molar-refractivity contribution >= 4 is 32.9 Å². The van der Waals surface area contributed by atoms with Crippen molar-refractivity contribution in [2.75, 3.05) is 0 Å². The number of aryl methyl sites for hydroxylation is 1. The van der Waals surface area contributed by atoms with Gasteiger partial charge in [0.25, 0.3) is 0 Å². The number of nitriles is 1. The van der Waals surface area contributed by atoms with E-state index in [0.29, 0.717) is 10.6 Å². The topological polar surface area (TPSA) is 56.9 Å². The van der Waals surface area contributed by atoms with Gasteiger partial charge in [0.1, 0.15) is 22.4 Å². The van der Waals surface area contributed by atoms with E-state index in [0.717, 1.165) is 15.8 Å². The molecule has 0 saturated heterocycles. The maximum absolute atomic E-state index is 10.4. The van der Waals surface area contributed by atoms with Crippen molar-refractivity contribution in [1.82, 2.24) is 4.98 Å². The highest BCUT2D eigenvalue weighted by Gasteiger charge is 2.14. The average Bonchev–Trinajstić information content (AvgIpc) is 2.92. The second-order valence-corrected chi connectivity index (χ2v) is 5.72. The van der Waals surface area contributed by atoms with Crippen molar-refractivity contribution < 1.29 is 5.11 Å². The van der Waals surface area contributed by atoms with Crippen LogP contribution in [0.2, 0.25) is 0 Å². The number of allylic oxidation sites excluding steroid dienone is 1. The second kappa shape index (κ2) is 5.39. The molecule has 0 aliphatic carbocycles. The first-order chi connectivity index (χ1) is 10.2. The summed E-state index contributed by atoms with van der Waals surface area (Å²) in [7, 11) is 0. The third-order valence-corrected chi connectivity index (χ3v) is 4.24. The van der Waals surface area contributed by atoms with Crippen molar-refractivity contribution in [2.45, 2.75) is 6.92 Å². The highest BCUT2D eigenvalue weighted by atomic mass is 32.1. The molecule has 3 nitrogen and oxygen atoms in total. The maximum Gasteiger partial charge on any atom is 0.143 e. The molecule has 1 N–H and O–H groups in total. The van der Waals surface area contributed by atoms with Crippen LogP contribution in [0.1, 0.15) is 16.1 Å². The van der Waals surface area contributed by atoms with Gasteiger partial charge in [-0.2, -0.15) is 5.26 Å². The minimum Gasteiger partial charge on any atom is -0.506 e. The Morgan fingerprint density at radius 2 is 1.86 bits per heavy atom. The molecule has 0 atom stereocenters. The van der Waals surface area contributed by atoms with Gasteiger partial charge in [0.2, 0.25) is 0 Å². The largest absolute Gasteiger partial charge is 0.506 e. The lowest BCUT2D eigenvalue weighted by Crippen LogP contribution is -1.90. The molecule has 0 aliphatic rings. The van der Waals surface area contributed by atoms with Gasteiger partial charge in [-0.15, -0.1) is 11.3 Å². The molecule has 3 aromatic rings. The highest BCUT2D eigenvalue weighted by Crippen LogP contribution is 2.30. The van der Waals surface area contributed by atoms with Crippen LogP contribution >= 0.6 is 11.3 Å². The fourth-order valence-corrected chi connectivity index (χ4v) is 3.00. The Balaban J connectivity index is 2.14. The number of rotatable bonds is 2. The van der Waals surface area contributed by atoms with Crippen LogP contribution in [0.3, 0.4) is 0 Å². The van der Waals surface area contributed by atoms with Crippen molar-refractivity contribution in [3.63, 3.8) is 0 Å². The summed E-state index contributed by atoms with van der Waals surface area (Å²) >= 11 is 1.40. The lowest BCUT2D eigenvalue weighted by atomic mass is 10.1. The van der Waals surface area contributed by atoms with Crippen LogP contribution in [0.25, 0.3) is 21.5 Å². The Morgan fingerprint density at radius 3 is 2.52 bits per heavy atom. The van der Waals surface area contributed by atoms with E-state index in [1.165, 1.54) is 11.3 Å². The number of benzene rings is 2. The van der Waals surface area contributed by atoms with Crippen LogP contribution in [0.4, 0.5) is 0 Å². The zero-order valence-corrected chi connectivity index (χ0v) is 12.2. The molecule has 4 heteroatoms. The standard InChI is InChI=1S/C17H12N2OS/c1-11-6-8-12(9-7-11)16(20)13(10-18)17-19-14-4-2-3-5-15(14)21-17/h2-9,20H,1H3. The van der Waals surface area contributed by atoms with Crippen molar-refractivity contribution in [3.8, 4) is 6.07 Å². The van der Waals surface area contributed by atoms with Gasteiger partial charge in [-0.3, -0.25) is 0 Å². The molecule has 2 aromatic carbocycles. The van der Waals surface area contributed by atoms with E-state index >= 15 is 0 Å². The van der Waals surface area contributed by atoms with Gasteiger partial charge in [-0.05, 0) is 19.1 Å². The lowest BCUT2D eigenvalue weighted by Gasteiger charge is -2.02. The number of aliphatic hydroxyl groups is 1. The van der Waals surface area contributed by atoms with E-state index in [2.05, 4.69) is 11.1 Å².